The number of nitriles is 1. The molecule has 2 amide bonds. The summed E-state index contributed by atoms with van der Waals surface area (Å²) in [6, 6.07) is 19.5. The quantitative estimate of drug-likeness (QED) is 0.456. The van der Waals surface area contributed by atoms with Crippen molar-refractivity contribution in [2.75, 3.05) is 11.9 Å². The normalized spacial score (nSPS) is 12.5. The summed E-state index contributed by atoms with van der Waals surface area (Å²) in [5.74, 6) is -1.87. The monoisotopic (exact) mass is 470 g/mol. The summed E-state index contributed by atoms with van der Waals surface area (Å²) in [4.78, 5) is 40.3. The molecule has 9 nitrogen and oxygen atoms in total. The van der Waals surface area contributed by atoms with E-state index < -0.39 is 24.0 Å². The van der Waals surface area contributed by atoms with Crippen LogP contribution in [0.2, 0.25) is 0 Å². The summed E-state index contributed by atoms with van der Waals surface area (Å²) < 4.78 is 5.48. The maximum Gasteiger partial charge on any atom is 0.407 e. The van der Waals surface area contributed by atoms with Gasteiger partial charge in [0, 0.05) is 12.3 Å². The Kier molecular flexibility index (Phi) is 7.02. The largest absolute Gasteiger partial charge is 0.481 e. The zero-order chi connectivity index (χ0) is 24.8. The summed E-state index contributed by atoms with van der Waals surface area (Å²) in [6.07, 6.45) is 0.0239. The van der Waals surface area contributed by atoms with Crippen LogP contribution in [0.25, 0.3) is 11.1 Å². The summed E-state index contributed by atoms with van der Waals surface area (Å²) in [5.41, 5.74) is 4.77. The number of alkyl carbamates (subject to hydrolysis) is 1. The number of aromatic nitrogens is 1. The number of anilines is 1. The molecule has 1 aliphatic carbocycles. The van der Waals surface area contributed by atoms with Gasteiger partial charge in [-0.15, -0.1) is 0 Å². The Morgan fingerprint density at radius 1 is 1.03 bits per heavy atom. The van der Waals surface area contributed by atoms with E-state index in [2.05, 4.69) is 15.6 Å². The Bertz CT molecular complexity index is 1250. The Hall–Kier alpha value is -4.71. The molecule has 3 N–H and O–H groups in total. The first-order valence-corrected chi connectivity index (χ1v) is 11.0. The van der Waals surface area contributed by atoms with E-state index in [1.165, 1.54) is 18.3 Å². The van der Waals surface area contributed by atoms with Gasteiger partial charge < -0.3 is 20.5 Å². The molecular weight excluding hydrogens is 448 g/mol. The van der Waals surface area contributed by atoms with Crippen molar-refractivity contribution >= 4 is 23.7 Å². The molecule has 1 atom stereocenters. The van der Waals surface area contributed by atoms with E-state index in [1.54, 1.807) is 0 Å². The lowest BCUT2D eigenvalue weighted by atomic mass is 9.98. The number of amides is 2. The number of carbonyl (C=O) groups excluding carboxylic acids is 2. The highest BCUT2D eigenvalue weighted by Crippen LogP contribution is 2.44. The predicted molar refractivity (Wildman–Crippen MR) is 126 cm³/mol. The first kappa shape index (κ1) is 23.4. The number of carboxylic acid groups (broad SMARTS) is 1. The smallest absolute Gasteiger partial charge is 0.407 e. The third kappa shape index (κ3) is 5.45. The fourth-order valence-electron chi connectivity index (χ4n) is 4.08. The van der Waals surface area contributed by atoms with Crippen LogP contribution in [0, 0.1) is 11.3 Å². The molecule has 3 aromatic rings. The molecule has 0 aliphatic heterocycles. The number of nitrogens with zero attached hydrogens (tertiary/aromatic N) is 2. The zero-order valence-corrected chi connectivity index (χ0v) is 18.6. The van der Waals surface area contributed by atoms with Crippen molar-refractivity contribution < 1.29 is 24.2 Å². The van der Waals surface area contributed by atoms with Crippen LogP contribution in [0.15, 0.2) is 66.9 Å². The number of benzene rings is 2. The number of pyridine rings is 1. The van der Waals surface area contributed by atoms with Crippen LogP contribution >= 0.6 is 0 Å². The number of hydrogen-bond acceptors (Lipinski definition) is 6. The first-order valence-electron chi connectivity index (χ1n) is 11.0. The Balaban J connectivity index is 1.42. The summed E-state index contributed by atoms with van der Waals surface area (Å²) in [6.45, 7) is 0.0622. The molecule has 1 aromatic heterocycles. The molecular formula is C26H22N4O5. The molecule has 4 rings (SSSR count). The highest BCUT2D eigenvalue weighted by molar-refractivity contribution is 5.96. The van der Waals surface area contributed by atoms with Crippen LogP contribution in [-0.2, 0) is 14.3 Å². The molecule has 1 aliphatic rings. The van der Waals surface area contributed by atoms with Crippen LogP contribution in [-0.4, -0.2) is 40.7 Å². The lowest BCUT2D eigenvalue weighted by Gasteiger charge is -2.19. The number of hydrogen-bond donors (Lipinski definition) is 3. The summed E-state index contributed by atoms with van der Waals surface area (Å²) in [7, 11) is 0. The molecule has 0 bridgehead atoms. The fraction of sp³-hybridized carbons (Fsp3) is 0.192. The first-order chi connectivity index (χ1) is 17.0. The van der Waals surface area contributed by atoms with E-state index in [0.717, 1.165) is 22.3 Å². The van der Waals surface area contributed by atoms with Crippen LogP contribution in [0.4, 0.5) is 10.5 Å². The minimum atomic E-state index is -1.14. The van der Waals surface area contributed by atoms with Gasteiger partial charge in [0.2, 0.25) is 5.91 Å². The van der Waals surface area contributed by atoms with Crippen LogP contribution < -0.4 is 10.6 Å². The average Bonchev–Trinajstić information content (AvgIpc) is 3.19. The third-order valence-corrected chi connectivity index (χ3v) is 5.74. The van der Waals surface area contributed by atoms with E-state index in [0.29, 0.717) is 5.69 Å². The highest BCUT2D eigenvalue weighted by Gasteiger charge is 2.30. The molecule has 0 radical (unpaired) electrons. The number of nitrogens with one attached hydrogen (secondary N) is 2. The predicted octanol–water partition coefficient (Wildman–Crippen LogP) is 3.66. The van der Waals surface area contributed by atoms with Crippen molar-refractivity contribution in [2.24, 2.45) is 0 Å². The minimum absolute atomic E-state index is 0.0622. The van der Waals surface area contributed by atoms with Gasteiger partial charge in [0.15, 0.2) is 0 Å². The number of aliphatic carboxylic acids is 1. The van der Waals surface area contributed by atoms with Gasteiger partial charge in [-0.25, -0.2) is 9.78 Å². The number of rotatable bonds is 8. The molecule has 1 heterocycles. The molecule has 0 spiro atoms. The molecule has 9 heteroatoms. The highest BCUT2D eigenvalue weighted by atomic mass is 16.5. The molecule has 0 saturated heterocycles. The minimum Gasteiger partial charge on any atom is -0.481 e. The van der Waals surface area contributed by atoms with Gasteiger partial charge in [-0.1, -0.05) is 48.5 Å². The van der Waals surface area contributed by atoms with Crippen LogP contribution in [0.1, 0.15) is 35.6 Å². The van der Waals surface area contributed by atoms with Crippen molar-refractivity contribution in [2.45, 2.75) is 24.8 Å². The number of carbonyl (C=O) groups is 3. The Morgan fingerprint density at radius 3 is 2.26 bits per heavy atom. The van der Waals surface area contributed by atoms with Gasteiger partial charge in [0.1, 0.15) is 24.4 Å². The number of carboxylic acids is 1. The number of fused-ring (bicyclic) bond motifs is 3. The Morgan fingerprint density at radius 2 is 1.69 bits per heavy atom. The van der Waals surface area contributed by atoms with E-state index in [9.17, 15) is 14.4 Å². The van der Waals surface area contributed by atoms with Crippen LogP contribution in [0.3, 0.4) is 0 Å². The van der Waals surface area contributed by atoms with Crippen molar-refractivity contribution in [3.63, 3.8) is 0 Å². The molecule has 35 heavy (non-hydrogen) atoms. The van der Waals surface area contributed by atoms with Gasteiger partial charge in [-0.3, -0.25) is 9.59 Å². The van der Waals surface area contributed by atoms with E-state index >= 15 is 0 Å². The topological polar surface area (TPSA) is 141 Å². The zero-order valence-electron chi connectivity index (χ0n) is 18.6. The average molecular weight is 470 g/mol. The van der Waals surface area contributed by atoms with Crippen LogP contribution in [0.5, 0.6) is 0 Å². The lowest BCUT2D eigenvalue weighted by Crippen LogP contribution is -2.44. The Labute approximate surface area is 201 Å². The van der Waals surface area contributed by atoms with Gasteiger partial charge in [0.25, 0.3) is 0 Å². The molecule has 0 fully saturated rings. The maximum atomic E-state index is 12.7. The fourth-order valence-corrected chi connectivity index (χ4v) is 4.08. The van der Waals surface area contributed by atoms with Gasteiger partial charge >= 0.3 is 12.1 Å². The number of ether oxygens (including phenoxy) is 1. The van der Waals surface area contributed by atoms with Crippen molar-refractivity contribution in [1.82, 2.24) is 10.3 Å². The van der Waals surface area contributed by atoms with Gasteiger partial charge in [-0.05, 0) is 40.8 Å². The van der Waals surface area contributed by atoms with Gasteiger partial charge in [0.05, 0.1) is 11.9 Å². The molecule has 0 saturated carbocycles. The second kappa shape index (κ2) is 10.5. The lowest BCUT2D eigenvalue weighted by molar-refractivity contribution is -0.137. The van der Waals surface area contributed by atoms with E-state index in [-0.39, 0.29) is 31.1 Å². The van der Waals surface area contributed by atoms with Crippen molar-refractivity contribution in [1.29, 1.82) is 5.26 Å². The third-order valence-electron chi connectivity index (χ3n) is 5.74. The summed E-state index contributed by atoms with van der Waals surface area (Å²) in [5, 5.41) is 22.9. The molecule has 176 valence electrons. The van der Waals surface area contributed by atoms with Crippen molar-refractivity contribution in [3.05, 3.63) is 83.7 Å². The molecule has 2 aromatic carbocycles. The second-order valence-electron chi connectivity index (χ2n) is 7.99. The second-order valence-corrected chi connectivity index (χ2v) is 7.99. The van der Waals surface area contributed by atoms with Crippen molar-refractivity contribution in [3.8, 4) is 17.2 Å². The molecule has 1 unspecified atom stereocenters. The van der Waals surface area contributed by atoms with E-state index in [4.69, 9.17) is 15.1 Å². The van der Waals surface area contributed by atoms with E-state index in [1.807, 2.05) is 54.6 Å². The van der Waals surface area contributed by atoms with Gasteiger partial charge in [-0.2, -0.15) is 5.26 Å². The maximum absolute atomic E-state index is 12.7. The SMILES string of the molecule is N#Cc1ccc(NC(=O)C(CCC(=O)O)NC(=O)OCC2c3ccccc3-c3ccccc32)cn1. The summed E-state index contributed by atoms with van der Waals surface area (Å²) >= 11 is 0. The standard InChI is InChI=1S/C26H22N4O5/c27-13-16-9-10-17(14-28-16)29-25(33)23(11-12-24(31)32)30-26(34)35-15-22-20-7-3-1-5-18(20)19-6-2-4-8-21(19)22/h1-10,14,22-23H,11-12,15H2,(H,29,33)(H,30,34)(H,31,32).